The Morgan fingerprint density at radius 1 is 1.09 bits per heavy atom. The zero-order chi connectivity index (χ0) is 30.7. The molecular formula is C22H28FN7O12P2S. The molecular weight excluding hydrogens is 667 g/mol. The lowest BCUT2D eigenvalue weighted by Crippen LogP contribution is -2.41. The molecule has 246 valence electrons. The summed E-state index contributed by atoms with van der Waals surface area (Å²) in [6, 6.07) is 1.02. The second kappa shape index (κ2) is 13.1. The van der Waals surface area contributed by atoms with Crippen LogP contribution in [0.1, 0.15) is 12.5 Å². The van der Waals surface area contributed by atoms with Crippen LogP contribution in [0, 0.1) is 14.9 Å². The highest BCUT2D eigenvalue weighted by Crippen LogP contribution is 2.57. The molecule has 0 spiro atoms. The second-order valence-corrected chi connectivity index (χ2v) is 14.7. The van der Waals surface area contributed by atoms with Gasteiger partial charge in [0.2, 0.25) is 0 Å². The number of imidazole rings is 1. The smallest absolute Gasteiger partial charge is 0.330 e. The molecule has 0 radical (unpaired) electrons. The van der Waals surface area contributed by atoms with Gasteiger partial charge in [-0.25, -0.2) is 24.1 Å². The minimum atomic E-state index is -5.25. The van der Waals surface area contributed by atoms with Gasteiger partial charge in [-0.15, -0.1) is 0 Å². The zero-order valence-electron chi connectivity index (χ0n) is 23.7. The number of alkyl halides is 1. The third kappa shape index (κ3) is 6.70. The molecule has 3 aliphatic rings. The number of nitrogens with zero attached hydrogens (tertiary/aromatic N) is 5. The van der Waals surface area contributed by atoms with Crippen molar-refractivity contribution in [1.82, 2.24) is 29.1 Å². The molecule has 45 heavy (non-hydrogen) atoms. The number of nitrogens with two attached hydrogens (primary N) is 1. The van der Waals surface area contributed by atoms with Gasteiger partial charge in [-0.2, -0.15) is 0 Å². The minimum absolute atomic E-state index is 0. The third-order valence-electron chi connectivity index (χ3n) is 6.91. The number of phosphoric ester groups is 1. The first kappa shape index (κ1) is 35.1. The van der Waals surface area contributed by atoms with Crippen LogP contribution in [0.3, 0.4) is 0 Å². The van der Waals surface area contributed by atoms with Gasteiger partial charge in [-0.1, -0.05) is 11.4 Å². The Morgan fingerprint density at radius 3 is 2.53 bits per heavy atom. The Balaban J connectivity index is 0.00000230. The first-order chi connectivity index (χ1) is 20.4. The van der Waals surface area contributed by atoms with Gasteiger partial charge in [-0.3, -0.25) is 28.0 Å². The first-order valence-corrected chi connectivity index (χ1v) is 17.0. The van der Waals surface area contributed by atoms with Gasteiger partial charge in [0.1, 0.15) is 36.3 Å². The van der Waals surface area contributed by atoms with E-state index < -0.39 is 87.4 Å². The van der Waals surface area contributed by atoms with Gasteiger partial charge in [-0.05, 0) is 0 Å². The van der Waals surface area contributed by atoms with Crippen molar-refractivity contribution in [1.29, 1.82) is 0 Å². The van der Waals surface area contributed by atoms with E-state index in [0.717, 1.165) is 34.1 Å². The highest BCUT2D eigenvalue weighted by atomic mass is 32.7. The predicted molar refractivity (Wildman–Crippen MR) is 151 cm³/mol. The Labute approximate surface area is 258 Å². The highest BCUT2D eigenvalue weighted by Gasteiger charge is 2.52. The van der Waals surface area contributed by atoms with Crippen molar-refractivity contribution >= 4 is 43.0 Å². The lowest BCUT2D eigenvalue weighted by Gasteiger charge is -2.34. The van der Waals surface area contributed by atoms with E-state index in [4.69, 9.17) is 33.5 Å². The van der Waals surface area contributed by atoms with Gasteiger partial charge >= 0.3 is 5.69 Å². The van der Waals surface area contributed by atoms with Gasteiger partial charge in [0.25, 0.3) is 13.4 Å². The summed E-state index contributed by atoms with van der Waals surface area (Å²) in [4.78, 5) is 63.8. The topological polar surface area (TPSA) is 260 Å². The number of ether oxygens (including phenoxy) is 3. The number of aromatic amines is 1. The maximum Gasteiger partial charge on any atom is 0.330 e. The molecule has 6 heterocycles. The summed E-state index contributed by atoms with van der Waals surface area (Å²) in [6.07, 6.45) is -9.28. The summed E-state index contributed by atoms with van der Waals surface area (Å²) in [6.45, 7) is -5.85. The molecule has 3 aromatic heterocycles. The summed E-state index contributed by atoms with van der Waals surface area (Å²) < 4.78 is 76.2. The van der Waals surface area contributed by atoms with Crippen molar-refractivity contribution in [2.75, 3.05) is 25.2 Å². The molecule has 3 aliphatic heterocycles. The summed E-state index contributed by atoms with van der Waals surface area (Å²) in [5.41, 5.74) is 4.38. The van der Waals surface area contributed by atoms with Gasteiger partial charge < -0.3 is 43.3 Å². The number of nitrogen functional groups attached to an aromatic ring is 1. The Bertz CT molecular complexity index is 1740. The zero-order valence-corrected chi connectivity index (χ0v) is 26.3. The molecule has 3 N–H and O–H groups in total. The molecule has 0 aliphatic carbocycles. The quantitative estimate of drug-likeness (QED) is 0.258. The summed E-state index contributed by atoms with van der Waals surface area (Å²) in [7, 11) is -4.07. The molecule has 6 rings (SSSR count). The Kier molecular flexibility index (Phi) is 10.2. The standard InChI is InChI=1S/C20H24FN7O12P2S.2CH3/c1-35-15-14-9(38-19(15)27-3-2-10(29)26-20(27)30)5-43-42(33,34)40-13-8(4-36-41(31,32)39-14)37-18(11(13)21)28-7-25-12-16(22)23-6-24-17(12)28;;/h2-3,6-9,11,13-15,18-19H,4-5H2,1H3,(H,31,32)(H,33,34)(H2,22,23,24)(H,26,29,30);2*1H3/q;2*+1/p-2/t8-,9-,11-,13-,14-,15-,18-,19-;;/m1../s1. The maximum atomic E-state index is 15.8. The third-order valence-corrected chi connectivity index (χ3v) is 10.8. The van der Waals surface area contributed by atoms with Crippen LogP contribution < -0.4 is 26.8 Å². The molecule has 0 aromatic carbocycles. The van der Waals surface area contributed by atoms with E-state index in [1.54, 1.807) is 0 Å². The van der Waals surface area contributed by atoms with Gasteiger partial charge in [0.05, 0.1) is 19.0 Å². The monoisotopic (exact) mass is 695 g/mol. The van der Waals surface area contributed by atoms with E-state index in [1.165, 1.54) is 7.11 Å². The molecule has 3 fully saturated rings. The van der Waals surface area contributed by atoms with Crippen molar-refractivity contribution in [3.05, 3.63) is 60.6 Å². The maximum absolute atomic E-state index is 15.8. The molecule has 0 bridgehead atoms. The van der Waals surface area contributed by atoms with Crippen molar-refractivity contribution < 1.29 is 51.1 Å². The number of phosphoric acid groups is 1. The Morgan fingerprint density at radius 2 is 1.82 bits per heavy atom. The number of anilines is 1. The van der Waals surface area contributed by atoms with Crippen molar-refractivity contribution in [3.63, 3.8) is 0 Å². The fourth-order valence-corrected chi connectivity index (χ4v) is 8.62. The van der Waals surface area contributed by atoms with Gasteiger partial charge in [0.15, 0.2) is 36.9 Å². The van der Waals surface area contributed by atoms with E-state index >= 15 is 4.39 Å². The highest BCUT2D eigenvalue weighted by molar-refractivity contribution is 8.54. The molecule has 23 heteroatoms. The van der Waals surface area contributed by atoms with Crippen LogP contribution in [0.2, 0.25) is 0 Å². The number of fused-ring (bicyclic) bond motifs is 3. The number of halogens is 1. The van der Waals surface area contributed by atoms with E-state index in [9.17, 15) is 28.5 Å². The number of hydrogen-bond acceptors (Lipinski definition) is 17. The largest absolute Gasteiger partial charge is 0.770 e. The lowest BCUT2D eigenvalue weighted by molar-refractivity contribution is -0.236. The van der Waals surface area contributed by atoms with E-state index in [2.05, 4.69) is 15.0 Å². The summed E-state index contributed by atoms with van der Waals surface area (Å²) >= 11 is 0.201. The van der Waals surface area contributed by atoms with Crippen LogP contribution in [-0.4, -0.2) is 85.2 Å². The normalized spacial score (nSPS) is 37.0. The van der Waals surface area contributed by atoms with Gasteiger partial charge in [0, 0.05) is 40.0 Å². The van der Waals surface area contributed by atoms with Crippen LogP contribution in [0.15, 0.2) is 34.5 Å². The summed E-state index contributed by atoms with van der Waals surface area (Å²) in [5.74, 6) is -0.496. The predicted octanol–water partition coefficient (Wildman–Crippen LogP) is -0.522. The molecule has 3 saturated heterocycles. The van der Waals surface area contributed by atoms with Crippen molar-refractivity contribution in [2.24, 2.45) is 0 Å². The number of methoxy groups -OCH3 is 1. The Hall–Kier alpha value is -2.81. The molecule has 0 amide bonds. The molecule has 10 atom stereocenters. The van der Waals surface area contributed by atoms with Crippen LogP contribution in [0.5, 0.6) is 0 Å². The minimum Gasteiger partial charge on any atom is -0.770 e. The second-order valence-electron chi connectivity index (χ2n) is 9.50. The molecule has 19 nitrogen and oxygen atoms in total. The van der Waals surface area contributed by atoms with Crippen LogP contribution in [0.4, 0.5) is 10.2 Å². The van der Waals surface area contributed by atoms with Crippen LogP contribution in [0.25, 0.3) is 11.2 Å². The first-order valence-electron chi connectivity index (χ1n) is 12.4. The average Bonchev–Trinajstić information content (AvgIpc) is 3.60. The number of hydrogen-bond donors (Lipinski definition) is 2. The van der Waals surface area contributed by atoms with Crippen molar-refractivity contribution in [3.8, 4) is 0 Å². The lowest BCUT2D eigenvalue weighted by atomic mass is 10.1. The van der Waals surface area contributed by atoms with E-state index in [1.807, 2.05) is 4.98 Å². The number of rotatable bonds is 3. The molecule has 3 aromatic rings. The number of nitrogens with one attached hydrogen (secondary N) is 1. The molecule has 0 saturated carbocycles. The summed E-state index contributed by atoms with van der Waals surface area (Å²) in [5, 5.41) is 0. The number of H-pyrrole nitrogens is 1. The average molecular weight is 696 g/mol. The van der Waals surface area contributed by atoms with Crippen molar-refractivity contribution in [2.45, 2.75) is 49.1 Å². The SMILES string of the molecule is CO[C@@H]1[C@@H]2OP(=O)([O-])OC[C@H]3O[C@@H](n4cnc5c(N)ncnc54)[C@H](F)[C@@H]3OP(=O)([O-])SC[C@H]2O[C@H]1n1ccc(=O)[nH]c1=O.[CH3+].[CH3+]. The fourth-order valence-electron chi connectivity index (χ4n) is 4.99. The van der Waals surface area contributed by atoms with E-state index in [0.29, 0.717) is 0 Å². The molecule has 2 unspecified atom stereocenters. The fraction of sp³-hybridized carbons (Fsp3) is 0.500. The number of aromatic nitrogens is 6. The van der Waals surface area contributed by atoms with Crippen LogP contribution >= 0.6 is 26.0 Å². The van der Waals surface area contributed by atoms with Crippen LogP contribution in [-0.2, 0) is 36.9 Å². The van der Waals surface area contributed by atoms with E-state index in [-0.39, 0.29) is 43.2 Å².